The van der Waals surface area contributed by atoms with E-state index in [0.717, 1.165) is 33.8 Å². The van der Waals surface area contributed by atoms with Crippen LogP contribution < -0.4 is 0 Å². The average molecular weight is 564 g/mol. The molecule has 0 spiro atoms. The second-order valence-electron chi connectivity index (χ2n) is 11.2. The molecule has 0 atom stereocenters. The van der Waals surface area contributed by atoms with Crippen molar-refractivity contribution in [1.29, 1.82) is 0 Å². The smallest absolute Gasteiger partial charge is 0.0899 e. The van der Waals surface area contributed by atoms with E-state index in [9.17, 15) is 0 Å². The third-order valence-corrected chi connectivity index (χ3v) is 8.32. The van der Waals surface area contributed by atoms with E-state index in [2.05, 4.69) is 144 Å². The highest BCUT2D eigenvalue weighted by Crippen LogP contribution is 2.37. The second kappa shape index (κ2) is 10.8. The van der Waals surface area contributed by atoms with E-state index < -0.39 is 0 Å². The van der Waals surface area contributed by atoms with Crippen LogP contribution in [-0.4, -0.2) is 14.5 Å². The van der Waals surface area contributed by atoms with Gasteiger partial charge in [0, 0.05) is 28.1 Å². The molecule has 3 heteroatoms. The Hall–Kier alpha value is -5.80. The van der Waals surface area contributed by atoms with E-state index in [1.54, 1.807) is 0 Å². The summed E-state index contributed by atoms with van der Waals surface area (Å²) in [4.78, 5) is 9.67. The van der Waals surface area contributed by atoms with Gasteiger partial charge in [0.05, 0.1) is 33.8 Å². The molecule has 0 aliphatic rings. The molecule has 44 heavy (non-hydrogen) atoms. The van der Waals surface area contributed by atoms with Crippen LogP contribution in [0.2, 0.25) is 0 Å². The molecule has 3 aromatic heterocycles. The molecule has 0 unspecified atom stereocenters. The van der Waals surface area contributed by atoms with Crippen molar-refractivity contribution in [2.24, 2.45) is 0 Å². The maximum Gasteiger partial charge on any atom is 0.0899 e. The number of hydrogen-bond acceptors (Lipinski definition) is 2. The fourth-order valence-corrected chi connectivity index (χ4v) is 6.20. The van der Waals surface area contributed by atoms with E-state index in [0.29, 0.717) is 0 Å². The summed E-state index contributed by atoms with van der Waals surface area (Å²) in [7, 11) is 0. The number of fused-ring (bicyclic) bond motifs is 3. The van der Waals surface area contributed by atoms with Gasteiger partial charge < -0.3 is 4.57 Å². The summed E-state index contributed by atoms with van der Waals surface area (Å²) in [5.74, 6) is 0. The highest BCUT2D eigenvalue weighted by atomic mass is 15.0. The summed E-state index contributed by atoms with van der Waals surface area (Å²) >= 11 is 0. The topological polar surface area (TPSA) is 30.7 Å². The van der Waals surface area contributed by atoms with Gasteiger partial charge in [-0.15, -0.1) is 0 Å². The lowest BCUT2D eigenvalue weighted by Crippen LogP contribution is -1.98. The first-order valence-electron chi connectivity index (χ1n) is 14.9. The van der Waals surface area contributed by atoms with Gasteiger partial charge in [-0.3, -0.25) is 4.98 Å². The summed E-state index contributed by atoms with van der Waals surface area (Å²) in [6, 6.07) is 53.6. The monoisotopic (exact) mass is 563 g/mol. The number of hydrogen-bond donors (Lipinski definition) is 0. The molecule has 0 saturated heterocycles. The van der Waals surface area contributed by atoms with Crippen molar-refractivity contribution in [3.8, 4) is 50.6 Å². The standard InChI is InChI=1S/C41H29N3/c1-28-18-23-41(44-39-16-7-5-13-33(39)34-14-6-8-17-40(34)44)35(25-28)30-19-21-31(22-20-30)37-26-32(29-11-3-2-4-12-29)27-38(43-37)36-15-9-10-24-42-36/h2-27H,1H3. The van der Waals surface area contributed by atoms with Crippen molar-refractivity contribution < 1.29 is 0 Å². The fraction of sp³-hybridized carbons (Fsp3) is 0.0244. The molecule has 0 saturated carbocycles. The number of nitrogens with zero attached hydrogens (tertiary/aromatic N) is 3. The van der Waals surface area contributed by atoms with Crippen LogP contribution in [0.5, 0.6) is 0 Å². The number of rotatable bonds is 5. The van der Waals surface area contributed by atoms with Crippen molar-refractivity contribution in [3.63, 3.8) is 0 Å². The number of pyridine rings is 2. The van der Waals surface area contributed by atoms with Crippen molar-refractivity contribution in [2.45, 2.75) is 6.92 Å². The van der Waals surface area contributed by atoms with Crippen LogP contribution >= 0.6 is 0 Å². The van der Waals surface area contributed by atoms with E-state index in [1.165, 1.54) is 44.2 Å². The van der Waals surface area contributed by atoms with Gasteiger partial charge in [0.1, 0.15) is 0 Å². The lowest BCUT2D eigenvalue weighted by Gasteiger charge is -2.16. The molecule has 8 aromatic rings. The average Bonchev–Trinajstić information content (AvgIpc) is 3.43. The van der Waals surface area contributed by atoms with Crippen LogP contribution in [0.25, 0.3) is 72.4 Å². The number of aryl methyl sites for hydroxylation is 1. The summed E-state index contributed by atoms with van der Waals surface area (Å²) in [6.45, 7) is 2.16. The molecule has 5 aromatic carbocycles. The Morgan fingerprint density at radius 2 is 1.09 bits per heavy atom. The Balaban J connectivity index is 1.26. The van der Waals surface area contributed by atoms with Crippen molar-refractivity contribution in [3.05, 3.63) is 163 Å². The number of aromatic nitrogens is 3. The predicted molar refractivity (Wildman–Crippen MR) is 183 cm³/mol. The van der Waals surface area contributed by atoms with E-state index in [4.69, 9.17) is 4.98 Å². The van der Waals surface area contributed by atoms with Crippen LogP contribution in [0.15, 0.2) is 158 Å². The second-order valence-corrected chi connectivity index (χ2v) is 11.2. The zero-order valence-electron chi connectivity index (χ0n) is 24.4. The van der Waals surface area contributed by atoms with Gasteiger partial charge in [0.15, 0.2) is 0 Å². The van der Waals surface area contributed by atoms with Gasteiger partial charge in [-0.25, -0.2) is 4.98 Å². The normalized spacial score (nSPS) is 11.3. The molecule has 0 radical (unpaired) electrons. The molecule has 0 N–H and O–H groups in total. The molecule has 0 aliphatic carbocycles. The predicted octanol–water partition coefficient (Wildman–Crippen LogP) is 10.6. The summed E-state index contributed by atoms with van der Waals surface area (Å²) in [5, 5.41) is 2.52. The van der Waals surface area contributed by atoms with Crippen LogP contribution in [0.4, 0.5) is 0 Å². The van der Waals surface area contributed by atoms with Crippen LogP contribution in [0.3, 0.4) is 0 Å². The van der Waals surface area contributed by atoms with Gasteiger partial charge in [-0.05, 0) is 72.1 Å². The summed E-state index contributed by atoms with van der Waals surface area (Å²) in [6.07, 6.45) is 1.82. The Morgan fingerprint density at radius 1 is 0.455 bits per heavy atom. The maximum absolute atomic E-state index is 5.08. The lowest BCUT2D eigenvalue weighted by atomic mass is 9.97. The van der Waals surface area contributed by atoms with Gasteiger partial charge in [0.25, 0.3) is 0 Å². The molecule has 8 rings (SSSR count). The molecule has 0 fully saturated rings. The molecule has 208 valence electrons. The minimum absolute atomic E-state index is 0.860. The van der Waals surface area contributed by atoms with Crippen LogP contribution in [-0.2, 0) is 0 Å². The van der Waals surface area contributed by atoms with Crippen LogP contribution in [0.1, 0.15) is 5.56 Å². The Bertz CT molecular complexity index is 2150. The third-order valence-electron chi connectivity index (χ3n) is 8.32. The third kappa shape index (κ3) is 4.56. The molecule has 0 amide bonds. The van der Waals surface area contributed by atoms with E-state index >= 15 is 0 Å². The lowest BCUT2D eigenvalue weighted by molar-refractivity contribution is 1.18. The number of para-hydroxylation sites is 2. The van der Waals surface area contributed by atoms with Crippen molar-refractivity contribution in [2.75, 3.05) is 0 Å². The SMILES string of the molecule is Cc1ccc(-n2c3ccccc3c3ccccc32)c(-c2ccc(-c3cc(-c4ccccc4)cc(-c4ccccn4)n3)cc2)c1. The molecular weight excluding hydrogens is 534 g/mol. The zero-order chi connectivity index (χ0) is 29.5. The highest BCUT2D eigenvalue weighted by Gasteiger charge is 2.16. The van der Waals surface area contributed by atoms with Gasteiger partial charge in [-0.1, -0.05) is 109 Å². The minimum Gasteiger partial charge on any atom is -0.309 e. The Morgan fingerprint density at radius 3 is 1.80 bits per heavy atom. The van der Waals surface area contributed by atoms with Gasteiger partial charge in [-0.2, -0.15) is 0 Å². The number of benzene rings is 5. The molecule has 3 heterocycles. The first-order chi connectivity index (χ1) is 21.7. The molecule has 3 nitrogen and oxygen atoms in total. The summed E-state index contributed by atoms with van der Waals surface area (Å²) in [5.41, 5.74) is 13.2. The van der Waals surface area contributed by atoms with Crippen molar-refractivity contribution >= 4 is 21.8 Å². The van der Waals surface area contributed by atoms with Crippen LogP contribution in [0, 0.1) is 6.92 Å². The van der Waals surface area contributed by atoms with Gasteiger partial charge in [0.2, 0.25) is 0 Å². The first-order valence-corrected chi connectivity index (χ1v) is 14.9. The van der Waals surface area contributed by atoms with Gasteiger partial charge >= 0.3 is 0 Å². The first kappa shape index (κ1) is 25.9. The quantitative estimate of drug-likeness (QED) is 0.209. The molecule has 0 bridgehead atoms. The maximum atomic E-state index is 5.08. The Kier molecular flexibility index (Phi) is 6.35. The van der Waals surface area contributed by atoms with Crippen molar-refractivity contribution in [1.82, 2.24) is 14.5 Å². The largest absolute Gasteiger partial charge is 0.309 e. The Labute approximate surface area is 256 Å². The van der Waals surface area contributed by atoms with E-state index in [1.807, 2.05) is 30.5 Å². The highest BCUT2D eigenvalue weighted by molar-refractivity contribution is 6.09. The van der Waals surface area contributed by atoms with E-state index in [-0.39, 0.29) is 0 Å². The fourth-order valence-electron chi connectivity index (χ4n) is 6.20. The summed E-state index contributed by atoms with van der Waals surface area (Å²) < 4.78 is 2.40. The zero-order valence-corrected chi connectivity index (χ0v) is 24.4. The molecular formula is C41H29N3. The minimum atomic E-state index is 0.860. The molecule has 0 aliphatic heterocycles.